The fourth-order valence-electron chi connectivity index (χ4n) is 2.95. The first kappa shape index (κ1) is 23.2. The van der Waals surface area contributed by atoms with Gasteiger partial charge in [0, 0.05) is 5.02 Å². The summed E-state index contributed by atoms with van der Waals surface area (Å²) in [4.78, 5) is 11.0. The van der Waals surface area contributed by atoms with Crippen LogP contribution in [0.15, 0.2) is 60.7 Å². The lowest BCUT2D eigenvalue weighted by molar-refractivity contribution is 0.0697. The highest BCUT2D eigenvalue weighted by molar-refractivity contribution is 6.32. The van der Waals surface area contributed by atoms with Gasteiger partial charge in [-0.2, -0.15) is 5.26 Å². The van der Waals surface area contributed by atoms with Crippen molar-refractivity contribution in [3.05, 3.63) is 93.0 Å². The highest BCUT2D eigenvalue weighted by Crippen LogP contribution is 2.38. The zero-order valence-electron chi connectivity index (χ0n) is 17.1. The summed E-state index contributed by atoms with van der Waals surface area (Å²) in [6.45, 7) is 2.43. The zero-order chi connectivity index (χ0) is 23.1. The van der Waals surface area contributed by atoms with E-state index in [1.807, 2.05) is 6.92 Å². The minimum absolute atomic E-state index is 0.184. The predicted octanol–water partition coefficient (Wildman–Crippen LogP) is 6.73. The Labute approximate surface area is 196 Å². The SMILES string of the molecule is CCOc1cc(/C=C(\C#N)c2ccc(Cl)cc2)cc(Cl)c1OCc1ccc(C(=O)O)cc1. The first-order valence-corrected chi connectivity index (χ1v) is 10.5. The standard InChI is InChI=1S/C25H19Cl2NO4/c1-2-31-23-13-17(11-20(14-28)18-7-9-21(26)10-8-18)12-22(27)24(23)32-15-16-3-5-19(6-4-16)25(29)30/h3-13H,2,15H2,1H3,(H,29,30)/b20-11+. The largest absolute Gasteiger partial charge is 0.490 e. The molecule has 0 unspecified atom stereocenters. The van der Waals surface area contributed by atoms with Gasteiger partial charge in [0.05, 0.1) is 28.8 Å². The number of carboxylic acid groups (broad SMARTS) is 1. The number of nitrogens with zero attached hydrogens (tertiary/aromatic N) is 1. The van der Waals surface area contributed by atoms with Crippen molar-refractivity contribution < 1.29 is 19.4 Å². The molecular weight excluding hydrogens is 449 g/mol. The van der Waals surface area contributed by atoms with Gasteiger partial charge in [-0.25, -0.2) is 4.79 Å². The molecule has 0 radical (unpaired) electrons. The Bertz CT molecular complexity index is 1180. The van der Waals surface area contributed by atoms with Gasteiger partial charge in [-0.15, -0.1) is 0 Å². The molecule has 5 nitrogen and oxygen atoms in total. The Balaban J connectivity index is 1.87. The monoisotopic (exact) mass is 467 g/mol. The number of benzene rings is 3. The summed E-state index contributed by atoms with van der Waals surface area (Å²) < 4.78 is 11.6. The molecule has 7 heteroatoms. The van der Waals surface area contributed by atoms with Crippen LogP contribution in [0.5, 0.6) is 11.5 Å². The van der Waals surface area contributed by atoms with E-state index >= 15 is 0 Å². The average Bonchev–Trinajstić information content (AvgIpc) is 2.78. The number of halogens is 2. The molecule has 0 amide bonds. The van der Waals surface area contributed by atoms with Gasteiger partial charge in [0.1, 0.15) is 6.61 Å². The number of carboxylic acids is 1. The molecule has 162 valence electrons. The van der Waals surface area contributed by atoms with Gasteiger partial charge in [0.15, 0.2) is 11.5 Å². The molecule has 0 heterocycles. The normalized spacial score (nSPS) is 11.0. The van der Waals surface area contributed by atoms with Gasteiger partial charge in [-0.3, -0.25) is 0 Å². The molecule has 3 aromatic carbocycles. The summed E-state index contributed by atoms with van der Waals surface area (Å²) in [5.74, 6) is -0.169. The Morgan fingerprint density at radius 3 is 2.28 bits per heavy atom. The second kappa shape index (κ2) is 10.7. The van der Waals surface area contributed by atoms with Gasteiger partial charge >= 0.3 is 5.97 Å². The van der Waals surface area contributed by atoms with Gasteiger partial charge in [-0.1, -0.05) is 47.5 Å². The number of aromatic carboxylic acids is 1. The van der Waals surface area contributed by atoms with Crippen molar-refractivity contribution in [3.63, 3.8) is 0 Å². The number of nitriles is 1. The number of rotatable bonds is 8. The summed E-state index contributed by atoms with van der Waals surface area (Å²) in [6, 6.07) is 19.0. The molecule has 0 fully saturated rings. The Kier molecular flexibility index (Phi) is 7.77. The van der Waals surface area contributed by atoms with Gasteiger partial charge < -0.3 is 14.6 Å². The molecule has 0 saturated carbocycles. The number of hydrogen-bond acceptors (Lipinski definition) is 4. The van der Waals surface area contributed by atoms with Crippen LogP contribution in [0.2, 0.25) is 10.0 Å². The van der Waals surface area contributed by atoms with Crippen LogP contribution in [0, 0.1) is 11.3 Å². The van der Waals surface area contributed by atoms with Crippen molar-refractivity contribution >= 4 is 40.8 Å². The van der Waals surface area contributed by atoms with Crippen molar-refractivity contribution in [3.8, 4) is 17.6 Å². The van der Waals surface area contributed by atoms with E-state index in [1.165, 1.54) is 12.1 Å². The van der Waals surface area contributed by atoms with Crippen molar-refractivity contribution in [1.82, 2.24) is 0 Å². The Hall–Kier alpha value is -3.46. The van der Waals surface area contributed by atoms with Crippen LogP contribution < -0.4 is 9.47 Å². The van der Waals surface area contributed by atoms with E-state index < -0.39 is 5.97 Å². The second-order valence-corrected chi connectivity index (χ2v) is 7.57. The maximum atomic E-state index is 11.0. The quantitative estimate of drug-likeness (QED) is 0.293. The molecule has 3 aromatic rings. The number of carbonyl (C=O) groups is 1. The maximum Gasteiger partial charge on any atom is 0.335 e. The highest BCUT2D eigenvalue weighted by atomic mass is 35.5. The van der Waals surface area contributed by atoms with Crippen molar-refractivity contribution in [1.29, 1.82) is 5.26 Å². The summed E-state index contributed by atoms with van der Waals surface area (Å²) in [5.41, 5.74) is 2.85. The van der Waals surface area contributed by atoms with Crippen LogP contribution in [0.4, 0.5) is 0 Å². The van der Waals surface area contributed by atoms with E-state index in [1.54, 1.807) is 54.6 Å². The van der Waals surface area contributed by atoms with Crippen LogP contribution in [-0.4, -0.2) is 17.7 Å². The first-order chi connectivity index (χ1) is 15.4. The van der Waals surface area contributed by atoms with E-state index in [0.717, 1.165) is 11.1 Å². The fraction of sp³-hybridized carbons (Fsp3) is 0.120. The number of allylic oxidation sites excluding steroid dienone is 1. The highest BCUT2D eigenvalue weighted by Gasteiger charge is 2.14. The van der Waals surface area contributed by atoms with E-state index in [-0.39, 0.29) is 12.2 Å². The van der Waals surface area contributed by atoms with Gasteiger partial charge in [0.2, 0.25) is 0 Å². The third-order valence-corrected chi connectivity index (χ3v) is 5.04. The van der Waals surface area contributed by atoms with E-state index in [9.17, 15) is 10.1 Å². The number of ether oxygens (including phenoxy) is 2. The molecule has 0 spiro atoms. The molecule has 1 N–H and O–H groups in total. The zero-order valence-corrected chi connectivity index (χ0v) is 18.7. The molecule has 3 rings (SSSR count). The Morgan fingerprint density at radius 2 is 1.69 bits per heavy atom. The van der Waals surface area contributed by atoms with Crippen molar-refractivity contribution in [2.24, 2.45) is 0 Å². The van der Waals surface area contributed by atoms with E-state index in [2.05, 4.69) is 6.07 Å². The lowest BCUT2D eigenvalue weighted by Crippen LogP contribution is -2.02. The molecular formula is C25H19Cl2NO4. The molecule has 0 aliphatic heterocycles. The summed E-state index contributed by atoms with van der Waals surface area (Å²) in [6.07, 6.45) is 1.71. The Morgan fingerprint density at radius 1 is 1.03 bits per heavy atom. The smallest absolute Gasteiger partial charge is 0.335 e. The number of hydrogen-bond donors (Lipinski definition) is 1. The van der Waals surface area contributed by atoms with Crippen LogP contribution in [0.1, 0.15) is 34.0 Å². The minimum atomic E-state index is -0.988. The second-order valence-electron chi connectivity index (χ2n) is 6.73. The molecule has 0 atom stereocenters. The van der Waals surface area contributed by atoms with Gasteiger partial charge in [-0.05, 0) is 66.1 Å². The average molecular weight is 468 g/mol. The van der Waals surface area contributed by atoms with Crippen molar-refractivity contribution in [2.45, 2.75) is 13.5 Å². The molecule has 0 aliphatic carbocycles. The molecule has 0 saturated heterocycles. The molecule has 0 bridgehead atoms. The third-order valence-electron chi connectivity index (χ3n) is 4.50. The summed E-state index contributed by atoms with van der Waals surface area (Å²) in [7, 11) is 0. The molecule has 32 heavy (non-hydrogen) atoms. The summed E-state index contributed by atoms with van der Waals surface area (Å²) >= 11 is 12.4. The molecule has 0 aromatic heterocycles. The van der Waals surface area contributed by atoms with Crippen LogP contribution in [-0.2, 0) is 6.61 Å². The predicted molar refractivity (Wildman–Crippen MR) is 125 cm³/mol. The maximum absolute atomic E-state index is 11.0. The van der Waals surface area contributed by atoms with Crippen LogP contribution in [0.25, 0.3) is 11.6 Å². The van der Waals surface area contributed by atoms with Crippen LogP contribution >= 0.6 is 23.2 Å². The van der Waals surface area contributed by atoms with Crippen LogP contribution in [0.3, 0.4) is 0 Å². The topological polar surface area (TPSA) is 79.5 Å². The van der Waals surface area contributed by atoms with Crippen molar-refractivity contribution in [2.75, 3.05) is 6.61 Å². The fourth-order valence-corrected chi connectivity index (χ4v) is 3.35. The van der Waals surface area contributed by atoms with E-state index in [0.29, 0.717) is 39.3 Å². The van der Waals surface area contributed by atoms with Gasteiger partial charge in [0.25, 0.3) is 0 Å². The van der Waals surface area contributed by atoms with E-state index in [4.69, 9.17) is 37.8 Å². The minimum Gasteiger partial charge on any atom is -0.490 e. The lowest BCUT2D eigenvalue weighted by Gasteiger charge is -2.15. The molecule has 0 aliphatic rings. The third kappa shape index (κ3) is 5.82. The summed E-state index contributed by atoms with van der Waals surface area (Å²) in [5, 5.41) is 19.5. The lowest BCUT2D eigenvalue weighted by atomic mass is 10.0. The first-order valence-electron chi connectivity index (χ1n) is 9.70.